The van der Waals surface area contributed by atoms with Crippen LogP contribution in [0.15, 0.2) is 0 Å². The van der Waals surface area contributed by atoms with Gasteiger partial charge in [-0.25, -0.2) is 4.39 Å². The minimum atomic E-state index is -1.17. The van der Waals surface area contributed by atoms with Crippen LogP contribution < -0.4 is 10.6 Å². The van der Waals surface area contributed by atoms with E-state index in [1.54, 1.807) is 6.92 Å². The number of hydrogen-bond acceptors (Lipinski definition) is 4. The van der Waals surface area contributed by atoms with Gasteiger partial charge in [-0.15, -0.1) is 0 Å². The molecule has 0 aromatic carbocycles. The van der Waals surface area contributed by atoms with Crippen LogP contribution in [0, 0.1) is 0 Å². The van der Waals surface area contributed by atoms with Gasteiger partial charge in [0.1, 0.15) is 12.8 Å². The van der Waals surface area contributed by atoms with Gasteiger partial charge in [0.05, 0.1) is 13.2 Å². The first kappa shape index (κ1) is 20.8. The van der Waals surface area contributed by atoms with Crippen LogP contribution in [0.25, 0.3) is 0 Å². The summed E-state index contributed by atoms with van der Waals surface area (Å²) in [6.45, 7) is 5.28. The fraction of sp³-hybridized carbons (Fsp3) is 0.867. The Bertz CT molecular complexity index is 303. The van der Waals surface area contributed by atoms with Gasteiger partial charge in [0.25, 0.3) is 0 Å². The summed E-state index contributed by atoms with van der Waals surface area (Å²) >= 11 is 0. The number of unbranched alkanes of at least 4 members (excludes halogenated alkanes) is 2. The van der Waals surface area contributed by atoms with E-state index >= 15 is 0 Å². The molecule has 22 heavy (non-hydrogen) atoms. The molecular weight excluding hydrogens is 291 g/mol. The number of hydrogen-bond donors (Lipinski definition) is 2. The van der Waals surface area contributed by atoms with Gasteiger partial charge in [0, 0.05) is 26.2 Å². The van der Waals surface area contributed by atoms with Crippen molar-refractivity contribution in [1.82, 2.24) is 10.6 Å². The molecule has 2 amide bonds. The molecule has 0 radical (unpaired) electrons. The number of rotatable bonds is 14. The third-order valence-corrected chi connectivity index (χ3v) is 2.87. The van der Waals surface area contributed by atoms with Crippen LogP contribution in [0.4, 0.5) is 4.39 Å². The molecule has 0 aromatic heterocycles. The lowest BCUT2D eigenvalue weighted by molar-refractivity contribution is -0.125. The van der Waals surface area contributed by atoms with Gasteiger partial charge >= 0.3 is 0 Å². The minimum absolute atomic E-state index is 0.00145. The molecule has 0 heterocycles. The topological polar surface area (TPSA) is 76.7 Å². The van der Waals surface area contributed by atoms with Crippen molar-refractivity contribution in [3.63, 3.8) is 0 Å². The van der Waals surface area contributed by atoms with Crippen LogP contribution in [0.3, 0.4) is 0 Å². The lowest BCUT2D eigenvalue weighted by Gasteiger charge is -2.10. The lowest BCUT2D eigenvalue weighted by atomic mass is 10.2. The molecule has 0 saturated heterocycles. The molecule has 0 saturated carbocycles. The largest absolute Gasteiger partial charge is 0.378 e. The van der Waals surface area contributed by atoms with Crippen LogP contribution in [-0.4, -0.2) is 57.5 Å². The van der Waals surface area contributed by atoms with E-state index in [9.17, 15) is 14.0 Å². The Hall–Kier alpha value is -1.21. The molecule has 0 aromatic rings. The number of carbonyl (C=O) groups excluding carboxylic acids is 2. The lowest BCUT2D eigenvalue weighted by Crippen LogP contribution is -2.31. The Kier molecular flexibility index (Phi) is 13.9. The Morgan fingerprint density at radius 3 is 2.50 bits per heavy atom. The minimum Gasteiger partial charge on any atom is -0.378 e. The van der Waals surface area contributed by atoms with Crippen molar-refractivity contribution in [2.45, 2.75) is 45.7 Å². The molecule has 0 bridgehead atoms. The predicted molar refractivity (Wildman–Crippen MR) is 82.4 cm³/mol. The third kappa shape index (κ3) is 13.8. The van der Waals surface area contributed by atoms with Crippen LogP contribution in [-0.2, 0) is 19.1 Å². The first-order valence-electron chi connectivity index (χ1n) is 7.93. The summed E-state index contributed by atoms with van der Waals surface area (Å²) in [5, 5.41) is 5.24. The van der Waals surface area contributed by atoms with Crippen LogP contribution in [0.2, 0.25) is 0 Å². The van der Waals surface area contributed by atoms with Crippen LogP contribution in [0.1, 0.15) is 39.5 Å². The van der Waals surface area contributed by atoms with E-state index in [0.29, 0.717) is 26.2 Å². The van der Waals surface area contributed by atoms with Crippen molar-refractivity contribution >= 4 is 11.8 Å². The molecule has 1 atom stereocenters. The second-order valence-electron chi connectivity index (χ2n) is 4.88. The van der Waals surface area contributed by atoms with E-state index in [0.717, 1.165) is 19.3 Å². The standard InChI is InChI=1S/C15H29FN2O4/c1-3-14(19)18-10-13(16)11-22-9-7-5-6-8-17-15(20)12-21-4-2/h13H,3-12H2,1-2H3,(H,17,20)(H,18,19). The first-order chi connectivity index (χ1) is 10.6. The van der Waals surface area contributed by atoms with Gasteiger partial charge in [0.2, 0.25) is 11.8 Å². The number of alkyl halides is 1. The molecule has 0 fully saturated rings. The number of amides is 2. The molecule has 2 N–H and O–H groups in total. The molecule has 0 aliphatic carbocycles. The van der Waals surface area contributed by atoms with Gasteiger partial charge < -0.3 is 20.1 Å². The van der Waals surface area contributed by atoms with Gasteiger partial charge in [-0.1, -0.05) is 6.92 Å². The van der Waals surface area contributed by atoms with E-state index < -0.39 is 6.17 Å². The maximum atomic E-state index is 13.3. The van der Waals surface area contributed by atoms with E-state index in [1.807, 2.05) is 6.92 Å². The normalized spacial score (nSPS) is 12.0. The molecule has 1 unspecified atom stereocenters. The first-order valence-corrected chi connectivity index (χ1v) is 7.93. The van der Waals surface area contributed by atoms with E-state index in [2.05, 4.69) is 10.6 Å². The van der Waals surface area contributed by atoms with Crippen LogP contribution >= 0.6 is 0 Å². The summed E-state index contributed by atoms with van der Waals surface area (Å²) in [5.74, 6) is -0.262. The fourth-order valence-corrected chi connectivity index (χ4v) is 1.60. The highest BCUT2D eigenvalue weighted by molar-refractivity contribution is 5.77. The number of nitrogens with one attached hydrogen (secondary N) is 2. The van der Waals surface area contributed by atoms with Gasteiger partial charge in [-0.3, -0.25) is 9.59 Å². The molecule has 6 nitrogen and oxygen atoms in total. The smallest absolute Gasteiger partial charge is 0.245 e. The maximum absolute atomic E-state index is 13.3. The SMILES string of the molecule is CCOCC(=O)NCCCCCOCC(F)CNC(=O)CC. The second-order valence-corrected chi connectivity index (χ2v) is 4.88. The molecular formula is C15H29FN2O4. The van der Waals surface area contributed by atoms with Crippen LogP contribution in [0.5, 0.6) is 0 Å². The summed E-state index contributed by atoms with van der Waals surface area (Å²) < 4.78 is 23.5. The highest BCUT2D eigenvalue weighted by Gasteiger charge is 2.07. The highest BCUT2D eigenvalue weighted by atomic mass is 19.1. The molecule has 0 aliphatic heterocycles. The number of ether oxygens (including phenoxy) is 2. The number of carbonyl (C=O) groups is 2. The second kappa shape index (κ2) is 14.7. The molecule has 0 rings (SSSR count). The van der Waals surface area contributed by atoms with Gasteiger partial charge in [-0.2, -0.15) is 0 Å². The predicted octanol–water partition coefficient (Wildman–Crippen LogP) is 1.19. The average Bonchev–Trinajstić information content (AvgIpc) is 2.52. The summed E-state index contributed by atoms with van der Waals surface area (Å²) in [7, 11) is 0. The molecule has 130 valence electrons. The summed E-state index contributed by atoms with van der Waals surface area (Å²) in [4.78, 5) is 22.2. The Labute approximate surface area is 132 Å². The van der Waals surface area contributed by atoms with Crippen molar-refractivity contribution in [3.05, 3.63) is 0 Å². The fourth-order valence-electron chi connectivity index (χ4n) is 1.60. The monoisotopic (exact) mass is 320 g/mol. The average molecular weight is 320 g/mol. The maximum Gasteiger partial charge on any atom is 0.245 e. The van der Waals surface area contributed by atoms with E-state index in [4.69, 9.17) is 9.47 Å². The zero-order valence-corrected chi connectivity index (χ0v) is 13.7. The quantitative estimate of drug-likeness (QED) is 0.471. The highest BCUT2D eigenvalue weighted by Crippen LogP contribution is 1.97. The number of halogens is 1. The Morgan fingerprint density at radius 2 is 1.82 bits per heavy atom. The van der Waals surface area contributed by atoms with E-state index in [1.165, 1.54) is 0 Å². The molecule has 0 spiro atoms. The van der Waals surface area contributed by atoms with Crippen molar-refractivity contribution in [2.75, 3.05) is 39.5 Å². The molecule has 0 aliphatic rings. The van der Waals surface area contributed by atoms with Crippen molar-refractivity contribution in [2.24, 2.45) is 0 Å². The Morgan fingerprint density at radius 1 is 1.05 bits per heavy atom. The van der Waals surface area contributed by atoms with Crippen molar-refractivity contribution in [1.29, 1.82) is 0 Å². The zero-order chi connectivity index (χ0) is 16.6. The Balaban J connectivity index is 3.29. The van der Waals surface area contributed by atoms with Gasteiger partial charge in [-0.05, 0) is 26.2 Å². The van der Waals surface area contributed by atoms with Gasteiger partial charge in [0.15, 0.2) is 0 Å². The zero-order valence-electron chi connectivity index (χ0n) is 13.7. The van der Waals surface area contributed by atoms with E-state index in [-0.39, 0.29) is 31.6 Å². The van der Waals surface area contributed by atoms with Crippen molar-refractivity contribution < 1.29 is 23.5 Å². The summed E-state index contributed by atoms with van der Waals surface area (Å²) in [6.07, 6.45) is 1.75. The van der Waals surface area contributed by atoms with Crippen molar-refractivity contribution in [3.8, 4) is 0 Å². The summed E-state index contributed by atoms with van der Waals surface area (Å²) in [6, 6.07) is 0. The third-order valence-electron chi connectivity index (χ3n) is 2.87. The molecule has 7 heteroatoms. The summed E-state index contributed by atoms with van der Waals surface area (Å²) in [5.41, 5.74) is 0.